The molecule has 0 amide bonds. The summed E-state index contributed by atoms with van der Waals surface area (Å²) in [6.45, 7) is 0.465. The highest BCUT2D eigenvalue weighted by atomic mass is 16.5. The summed E-state index contributed by atoms with van der Waals surface area (Å²) in [6, 6.07) is 17.1. The van der Waals surface area contributed by atoms with E-state index in [4.69, 9.17) is 4.74 Å². The number of nitrogens with zero attached hydrogens (tertiary/aromatic N) is 2. The van der Waals surface area contributed by atoms with Crippen molar-refractivity contribution in [3.8, 4) is 11.6 Å². The third-order valence-electron chi connectivity index (χ3n) is 4.25. The van der Waals surface area contributed by atoms with Gasteiger partial charge in [-0.1, -0.05) is 42.5 Å². The molecule has 26 heavy (non-hydrogen) atoms. The minimum absolute atomic E-state index is 0.0764. The van der Waals surface area contributed by atoms with Crippen molar-refractivity contribution >= 4 is 0 Å². The first-order valence-electron chi connectivity index (χ1n) is 8.19. The first-order valence-corrected chi connectivity index (χ1v) is 8.19. The number of hydrogen-bond acceptors (Lipinski definition) is 4. The molecule has 0 aliphatic carbocycles. The Morgan fingerprint density at radius 1 is 0.885 bits per heavy atom. The van der Waals surface area contributed by atoms with E-state index in [1.54, 1.807) is 12.1 Å². The highest BCUT2D eigenvalue weighted by molar-refractivity contribution is 5.33. The highest BCUT2D eigenvalue weighted by Crippen LogP contribution is 2.17. The standard InChI is InChI=1S/C20H20N2O4/c1-21-18(23)17(19(24)22(2)20(21)25)12-14-8-10-16(11-9-14)26-13-15-6-4-3-5-7-15/h3-11,23H,12-13H2,1-2H3/p-1. The Kier molecular flexibility index (Phi) is 4.93. The van der Waals surface area contributed by atoms with Crippen LogP contribution in [-0.4, -0.2) is 9.13 Å². The van der Waals surface area contributed by atoms with E-state index >= 15 is 0 Å². The van der Waals surface area contributed by atoms with Crippen LogP contribution in [0.5, 0.6) is 11.6 Å². The van der Waals surface area contributed by atoms with E-state index in [0.29, 0.717) is 12.4 Å². The first-order chi connectivity index (χ1) is 12.5. The van der Waals surface area contributed by atoms with Crippen LogP contribution < -0.4 is 21.1 Å². The molecule has 1 aromatic heterocycles. The van der Waals surface area contributed by atoms with Crippen LogP contribution in [0.15, 0.2) is 64.2 Å². The molecule has 0 bridgehead atoms. The minimum atomic E-state index is -0.617. The fourth-order valence-corrected chi connectivity index (χ4v) is 2.69. The van der Waals surface area contributed by atoms with E-state index in [9.17, 15) is 14.7 Å². The summed E-state index contributed by atoms with van der Waals surface area (Å²) in [6.07, 6.45) is 0.165. The number of benzene rings is 2. The van der Waals surface area contributed by atoms with Crippen molar-refractivity contribution in [2.45, 2.75) is 13.0 Å². The number of hydrogen-bond donors (Lipinski definition) is 0. The van der Waals surface area contributed by atoms with Gasteiger partial charge in [0.2, 0.25) is 0 Å². The molecule has 0 aliphatic rings. The van der Waals surface area contributed by atoms with Gasteiger partial charge in [-0.15, -0.1) is 0 Å². The van der Waals surface area contributed by atoms with Gasteiger partial charge in [0.25, 0.3) is 5.56 Å². The lowest BCUT2D eigenvalue weighted by atomic mass is 10.1. The lowest BCUT2D eigenvalue weighted by Gasteiger charge is -2.18. The average molecular weight is 351 g/mol. The van der Waals surface area contributed by atoms with Crippen LogP contribution in [-0.2, 0) is 27.1 Å². The molecule has 134 valence electrons. The van der Waals surface area contributed by atoms with E-state index in [2.05, 4.69) is 0 Å². The normalized spacial score (nSPS) is 10.7. The van der Waals surface area contributed by atoms with Crippen molar-refractivity contribution in [2.24, 2.45) is 14.1 Å². The molecular weight excluding hydrogens is 332 g/mol. The van der Waals surface area contributed by atoms with Gasteiger partial charge in [0, 0.05) is 26.1 Å². The topological polar surface area (TPSA) is 76.3 Å². The van der Waals surface area contributed by atoms with Gasteiger partial charge < -0.3 is 14.4 Å². The third-order valence-corrected chi connectivity index (χ3v) is 4.25. The van der Waals surface area contributed by atoms with Crippen LogP contribution in [0.1, 0.15) is 16.7 Å². The summed E-state index contributed by atoms with van der Waals surface area (Å²) in [5, 5.41) is 12.2. The van der Waals surface area contributed by atoms with E-state index in [-0.39, 0.29) is 12.0 Å². The zero-order valence-corrected chi connectivity index (χ0v) is 14.6. The van der Waals surface area contributed by atoms with Gasteiger partial charge in [-0.25, -0.2) is 4.79 Å². The molecule has 3 rings (SSSR count). The van der Waals surface area contributed by atoms with Gasteiger partial charge in [0.15, 0.2) is 0 Å². The molecule has 0 saturated carbocycles. The zero-order chi connectivity index (χ0) is 18.7. The first kappa shape index (κ1) is 17.5. The Balaban J connectivity index is 1.76. The molecule has 0 radical (unpaired) electrons. The van der Waals surface area contributed by atoms with Crippen molar-refractivity contribution in [1.29, 1.82) is 0 Å². The fraction of sp³-hybridized carbons (Fsp3) is 0.200. The zero-order valence-electron chi connectivity index (χ0n) is 14.6. The Morgan fingerprint density at radius 2 is 1.54 bits per heavy atom. The van der Waals surface area contributed by atoms with Crippen molar-refractivity contribution in [3.63, 3.8) is 0 Å². The van der Waals surface area contributed by atoms with Gasteiger partial charge in [-0.2, -0.15) is 0 Å². The van der Waals surface area contributed by atoms with Crippen molar-refractivity contribution in [1.82, 2.24) is 9.13 Å². The fourth-order valence-electron chi connectivity index (χ4n) is 2.69. The maximum atomic E-state index is 12.2. The summed E-state index contributed by atoms with van der Waals surface area (Å²) >= 11 is 0. The largest absolute Gasteiger partial charge is 0.860 e. The molecule has 0 unspecified atom stereocenters. The summed E-state index contributed by atoms with van der Waals surface area (Å²) in [5.74, 6) is 0.149. The van der Waals surface area contributed by atoms with Gasteiger partial charge in [-0.3, -0.25) is 9.36 Å². The third kappa shape index (κ3) is 3.54. The maximum absolute atomic E-state index is 12.2. The van der Waals surface area contributed by atoms with E-state index < -0.39 is 17.1 Å². The van der Waals surface area contributed by atoms with Crippen LogP contribution in [0.25, 0.3) is 0 Å². The molecule has 6 heteroatoms. The second-order valence-corrected chi connectivity index (χ2v) is 6.08. The summed E-state index contributed by atoms with van der Waals surface area (Å²) in [5.41, 5.74) is 0.773. The SMILES string of the molecule is Cn1c([O-])c(Cc2ccc(OCc3ccccc3)cc2)c(=O)n(C)c1=O. The monoisotopic (exact) mass is 351 g/mol. The van der Waals surface area contributed by atoms with E-state index in [1.807, 2.05) is 42.5 Å². The van der Waals surface area contributed by atoms with Crippen LogP contribution in [0.2, 0.25) is 0 Å². The van der Waals surface area contributed by atoms with Gasteiger partial charge >= 0.3 is 5.69 Å². The van der Waals surface area contributed by atoms with Gasteiger partial charge in [0.05, 0.1) is 0 Å². The molecule has 0 aliphatic heterocycles. The predicted molar refractivity (Wildman–Crippen MR) is 96.4 cm³/mol. The van der Waals surface area contributed by atoms with Gasteiger partial charge in [-0.05, 0) is 29.1 Å². The summed E-state index contributed by atoms with van der Waals surface area (Å²) in [4.78, 5) is 24.0. The smallest absolute Gasteiger partial charge is 0.329 e. The second-order valence-electron chi connectivity index (χ2n) is 6.08. The van der Waals surface area contributed by atoms with Crippen molar-refractivity contribution < 1.29 is 9.84 Å². The van der Waals surface area contributed by atoms with Crippen LogP contribution >= 0.6 is 0 Å². The van der Waals surface area contributed by atoms with Crippen molar-refractivity contribution in [2.75, 3.05) is 0 Å². The van der Waals surface area contributed by atoms with Crippen LogP contribution in [0.3, 0.4) is 0 Å². The Bertz CT molecular complexity index is 1020. The molecule has 3 aromatic rings. The quantitative estimate of drug-likeness (QED) is 0.695. The Labute approximate surface area is 150 Å². The van der Waals surface area contributed by atoms with Crippen molar-refractivity contribution in [3.05, 3.63) is 92.1 Å². The Hall–Kier alpha value is -3.28. The molecule has 6 nitrogen and oxygen atoms in total. The second kappa shape index (κ2) is 7.31. The molecule has 0 saturated heterocycles. The Morgan fingerprint density at radius 3 is 2.19 bits per heavy atom. The molecule has 0 atom stereocenters. The molecule has 1 heterocycles. The number of aromatic nitrogens is 2. The molecular formula is C20H19N2O4-. The molecule has 0 spiro atoms. The molecule has 2 aromatic carbocycles. The van der Waals surface area contributed by atoms with Crippen LogP contribution in [0.4, 0.5) is 0 Å². The number of ether oxygens (including phenoxy) is 1. The van der Waals surface area contributed by atoms with Crippen LogP contribution in [0, 0.1) is 0 Å². The average Bonchev–Trinajstić information content (AvgIpc) is 2.68. The van der Waals surface area contributed by atoms with E-state index in [0.717, 1.165) is 20.3 Å². The number of rotatable bonds is 5. The minimum Gasteiger partial charge on any atom is -0.860 e. The van der Waals surface area contributed by atoms with Gasteiger partial charge in [0.1, 0.15) is 12.4 Å². The molecule has 0 N–H and O–H groups in total. The maximum Gasteiger partial charge on any atom is 0.329 e. The summed E-state index contributed by atoms with van der Waals surface area (Å²) < 4.78 is 7.63. The highest BCUT2D eigenvalue weighted by Gasteiger charge is 2.10. The molecule has 0 fully saturated rings. The summed E-state index contributed by atoms with van der Waals surface area (Å²) in [7, 11) is 2.74. The van der Waals surface area contributed by atoms with E-state index in [1.165, 1.54) is 14.1 Å². The lowest BCUT2D eigenvalue weighted by molar-refractivity contribution is -0.280. The predicted octanol–water partition coefficient (Wildman–Crippen LogP) is 1.33. The lowest BCUT2D eigenvalue weighted by Crippen LogP contribution is -2.40.